The van der Waals surface area contributed by atoms with Crippen LogP contribution in [0.4, 0.5) is 5.69 Å². The number of hydrogen-bond donors (Lipinski definition) is 1. The number of amides is 1. The minimum atomic E-state index is -1.06. The van der Waals surface area contributed by atoms with E-state index in [9.17, 15) is 9.90 Å². The highest BCUT2D eigenvalue weighted by molar-refractivity contribution is 6.32. The first-order valence-electron chi connectivity index (χ1n) is 9.00. The van der Waals surface area contributed by atoms with Gasteiger partial charge in [-0.15, -0.1) is 0 Å². The van der Waals surface area contributed by atoms with Gasteiger partial charge in [-0.3, -0.25) is 9.79 Å². The standard InChI is InChI=1S/C23H19ClN2O2/c1-26-19-13-12-17(24)14-18(19)20(15-8-4-2-5-9-15)25-21(23(26)28)22(27)16-10-6-3-7-11-16/h2-14,21-22,27H,1H3/t21-,22+/m1/s1. The molecule has 0 aliphatic carbocycles. The third kappa shape index (κ3) is 3.33. The van der Waals surface area contributed by atoms with Gasteiger partial charge >= 0.3 is 0 Å². The van der Waals surface area contributed by atoms with E-state index in [2.05, 4.69) is 0 Å². The maximum atomic E-state index is 13.2. The lowest BCUT2D eigenvalue weighted by molar-refractivity contribution is -0.121. The third-order valence-corrected chi connectivity index (χ3v) is 5.15. The molecule has 140 valence electrons. The zero-order valence-electron chi connectivity index (χ0n) is 15.3. The van der Waals surface area contributed by atoms with Crippen LogP contribution >= 0.6 is 11.6 Å². The summed E-state index contributed by atoms with van der Waals surface area (Å²) in [6.07, 6.45) is -1.06. The molecule has 1 N–H and O–H groups in total. The van der Waals surface area contributed by atoms with Gasteiger partial charge in [-0.2, -0.15) is 0 Å². The van der Waals surface area contributed by atoms with Crippen molar-refractivity contribution in [3.05, 3.63) is 101 Å². The van der Waals surface area contributed by atoms with Gasteiger partial charge in [0.25, 0.3) is 5.91 Å². The van der Waals surface area contributed by atoms with Crippen molar-refractivity contribution in [2.24, 2.45) is 4.99 Å². The average molecular weight is 391 g/mol. The molecule has 0 saturated heterocycles. The fraction of sp³-hybridized carbons (Fsp3) is 0.130. The lowest BCUT2D eigenvalue weighted by atomic mass is 9.99. The molecular weight excluding hydrogens is 372 g/mol. The minimum Gasteiger partial charge on any atom is -0.386 e. The molecule has 1 aliphatic rings. The van der Waals surface area contributed by atoms with E-state index in [1.807, 2.05) is 60.7 Å². The summed E-state index contributed by atoms with van der Waals surface area (Å²) in [6.45, 7) is 0. The fourth-order valence-electron chi connectivity index (χ4n) is 3.44. The maximum absolute atomic E-state index is 13.2. The van der Waals surface area contributed by atoms with E-state index in [1.165, 1.54) is 0 Å². The molecule has 1 amide bonds. The van der Waals surface area contributed by atoms with Crippen LogP contribution in [-0.2, 0) is 4.79 Å². The number of benzodiazepines with no additional fused rings is 1. The zero-order chi connectivity index (χ0) is 19.7. The molecule has 0 fully saturated rings. The summed E-state index contributed by atoms with van der Waals surface area (Å²) in [4.78, 5) is 19.5. The molecular formula is C23H19ClN2O2. The van der Waals surface area contributed by atoms with Crippen LogP contribution in [0.25, 0.3) is 0 Å². The Bertz CT molecular complexity index is 1030. The molecule has 0 saturated carbocycles. The molecule has 5 heteroatoms. The number of fused-ring (bicyclic) bond motifs is 1. The number of rotatable bonds is 3. The Kier molecular flexibility index (Phi) is 4.99. The normalized spacial score (nSPS) is 17.5. The molecule has 4 nitrogen and oxygen atoms in total. The number of carbonyl (C=O) groups is 1. The molecule has 0 spiro atoms. The quantitative estimate of drug-likeness (QED) is 0.726. The molecule has 0 aromatic heterocycles. The number of anilines is 1. The lowest BCUT2D eigenvalue weighted by Gasteiger charge is -2.23. The van der Waals surface area contributed by atoms with Crippen molar-refractivity contribution in [2.45, 2.75) is 12.1 Å². The van der Waals surface area contributed by atoms with Crippen molar-refractivity contribution in [1.82, 2.24) is 0 Å². The van der Waals surface area contributed by atoms with Gasteiger partial charge in [0.05, 0.1) is 11.4 Å². The number of carbonyl (C=O) groups excluding carboxylic acids is 1. The van der Waals surface area contributed by atoms with Gasteiger partial charge in [0.15, 0.2) is 6.04 Å². The Balaban J connectivity index is 1.92. The molecule has 3 aromatic rings. The number of aliphatic hydroxyl groups is 1. The molecule has 1 heterocycles. The summed E-state index contributed by atoms with van der Waals surface area (Å²) in [6, 6.07) is 23.2. The number of aliphatic hydroxyl groups excluding tert-OH is 1. The number of hydrogen-bond acceptors (Lipinski definition) is 3. The fourth-order valence-corrected chi connectivity index (χ4v) is 3.61. The second-order valence-corrected chi connectivity index (χ2v) is 7.14. The van der Waals surface area contributed by atoms with Crippen molar-refractivity contribution in [1.29, 1.82) is 0 Å². The smallest absolute Gasteiger partial charge is 0.254 e. The van der Waals surface area contributed by atoms with Crippen LogP contribution in [0, 0.1) is 0 Å². The van der Waals surface area contributed by atoms with Crippen LogP contribution in [0.15, 0.2) is 83.9 Å². The zero-order valence-corrected chi connectivity index (χ0v) is 16.0. The van der Waals surface area contributed by atoms with Gasteiger partial charge in [0.1, 0.15) is 6.10 Å². The number of likely N-dealkylation sites (N-methyl/N-ethyl adjacent to an activating group) is 1. The van der Waals surface area contributed by atoms with Gasteiger partial charge < -0.3 is 10.0 Å². The molecule has 0 radical (unpaired) electrons. The van der Waals surface area contributed by atoms with E-state index in [0.29, 0.717) is 22.0 Å². The summed E-state index contributed by atoms with van der Waals surface area (Å²) in [5.74, 6) is -0.272. The maximum Gasteiger partial charge on any atom is 0.254 e. The van der Waals surface area contributed by atoms with E-state index in [0.717, 1.165) is 11.1 Å². The van der Waals surface area contributed by atoms with E-state index in [4.69, 9.17) is 16.6 Å². The molecule has 1 aliphatic heterocycles. The number of halogens is 1. The molecule has 0 unspecified atom stereocenters. The highest BCUT2D eigenvalue weighted by Gasteiger charge is 2.35. The number of aliphatic imine (C=N–C) groups is 1. The summed E-state index contributed by atoms with van der Waals surface area (Å²) in [5.41, 5.74) is 3.61. The Morgan fingerprint density at radius 2 is 1.64 bits per heavy atom. The Morgan fingerprint density at radius 3 is 2.32 bits per heavy atom. The van der Waals surface area contributed by atoms with Crippen LogP contribution in [-0.4, -0.2) is 29.8 Å². The predicted octanol–water partition coefficient (Wildman–Crippen LogP) is 4.26. The van der Waals surface area contributed by atoms with Gasteiger partial charge in [0.2, 0.25) is 0 Å². The van der Waals surface area contributed by atoms with Gasteiger partial charge in [-0.1, -0.05) is 72.3 Å². The molecule has 28 heavy (non-hydrogen) atoms. The summed E-state index contributed by atoms with van der Waals surface area (Å²) >= 11 is 6.25. The SMILES string of the molecule is CN1C(=O)[C@@H]([C@@H](O)c2ccccc2)N=C(c2ccccc2)c2cc(Cl)ccc21. The third-order valence-electron chi connectivity index (χ3n) is 4.91. The molecule has 2 atom stereocenters. The van der Waals surface area contributed by atoms with E-state index in [-0.39, 0.29) is 5.91 Å². The van der Waals surface area contributed by atoms with E-state index >= 15 is 0 Å². The van der Waals surface area contributed by atoms with Crippen molar-refractivity contribution < 1.29 is 9.90 Å². The van der Waals surface area contributed by atoms with Crippen molar-refractivity contribution in [2.75, 3.05) is 11.9 Å². The van der Waals surface area contributed by atoms with Gasteiger partial charge in [-0.25, -0.2) is 0 Å². The second kappa shape index (κ2) is 7.58. The Morgan fingerprint density at radius 1 is 1.00 bits per heavy atom. The Hall–Kier alpha value is -2.95. The van der Waals surface area contributed by atoms with Crippen LogP contribution in [0.3, 0.4) is 0 Å². The van der Waals surface area contributed by atoms with E-state index < -0.39 is 12.1 Å². The summed E-state index contributed by atoms with van der Waals surface area (Å²) in [5, 5.41) is 11.5. The summed E-state index contributed by atoms with van der Waals surface area (Å²) < 4.78 is 0. The van der Waals surface area contributed by atoms with Crippen molar-refractivity contribution >= 4 is 28.9 Å². The number of nitrogens with zero attached hydrogens (tertiary/aromatic N) is 2. The topological polar surface area (TPSA) is 52.9 Å². The first-order chi connectivity index (χ1) is 13.6. The van der Waals surface area contributed by atoms with Crippen LogP contribution in [0.1, 0.15) is 22.8 Å². The minimum absolute atomic E-state index is 0.272. The molecule has 3 aromatic carbocycles. The van der Waals surface area contributed by atoms with Crippen molar-refractivity contribution in [3.63, 3.8) is 0 Å². The monoisotopic (exact) mass is 390 g/mol. The largest absolute Gasteiger partial charge is 0.386 e. The summed E-state index contributed by atoms with van der Waals surface area (Å²) in [7, 11) is 1.70. The van der Waals surface area contributed by atoms with Crippen LogP contribution in [0.5, 0.6) is 0 Å². The highest BCUT2D eigenvalue weighted by Crippen LogP contribution is 2.33. The average Bonchev–Trinajstić information content (AvgIpc) is 2.84. The Labute approximate surface area is 168 Å². The highest BCUT2D eigenvalue weighted by atomic mass is 35.5. The molecule has 0 bridgehead atoms. The molecule has 4 rings (SSSR count). The van der Waals surface area contributed by atoms with Crippen LogP contribution in [0.2, 0.25) is 5.02 Å². The predicted molar refractivity (Wildman–Crippen MR) is 112 cm³/mol. The van der Waals surface area contributed by atoms with Crippen LogP contribution < -0.4 is 4.90 Å². The lowest BCUT2D eigenvalue weighted by Crippen LogP contribution is -2.38. The van der Waals surface area contributed by atoms with Gasteiger partial charge in [0, 0.05) is 23.2 Å². The van der Waals surface area contributed by atoms with Gasteiger partial charge in [-0.05, 0) is 23.8 Å². The number of benzene rings is 3. The first kappa shape index (κ1) is 18.4. The van der Waals surface area contributed by atoms with E-state index in [1.54, 1.807) is 30.1 Å². The first-order valence-corrected chi connectivity index (χ1v) is 9.38. The second-order valence-electron chi connectivity index (χ2n) is 6.70. The van der Waals surface area contributed by atoms with Crippen molar-refractivity contribution in [3.8, 4) is 0 Å².